The molecule has 0 saturated carbocycles. The largest absolute Gasteiger partial charge is 0.370 e. The molecule has 0 aliphatic carbocycles. The van der Waals surface area contributed by atoms with Gasteiger partial charge in [-0.05, 0) is 42.0 Å². The normalized spacial score (nSPS) is 17.8. The van der Waals surface area contributed by atoms with Crippen LogP contribution < -0.4 is 0 Å². The third kappa shape index (κ3) is 4.33. The lowest BCUT2D eigenvalue weighted by Crippen LogP contribution is -2.43. The van der Waals surface area contributed by atoms with Crippen LogP contribution in [0.1, 0.15) is 11.7 Å². The number of carbonyl (C=O) groups is 1. The fraction of sp³-hybridized carbons (Fsp3) is 0.278. The van der Waals surface area contributed by atoms with Gasteiger partial charge in [-0.15, -0.1) is 11.8 Å². The van der Waals surface area contributed by atoms with Crippen molar-refractivity contribution in [2.24, 2.45) is 0 Å². The second-order valence-corrected chi connectivity index (χ2v) is 6.54. The number of nitrogens with zero attached hydrogens (tertiary/aromatic N) is 1. The second kappa shape index (κ2) is 7.77. The SMILES string of the molecule is O=C(CSc1ccc(F)cc1)N1CCOC(c2ccc(F)cc2)C1. The molecular weight excluding hydrogens is 332 g/mol. The van der Waals surface area contributed by atoms with Crippen LogP contribution in [0, 0.1) is 11.6 Å². The molecule has 1 amide bonds. The molecule has 24 heavy (non-hydrogen) atoms. The van der Waals surface area contributed by atoms with Crippen molar-refractivity contribution < 1.29 is 18.3 Å². The zero-order chi connectivity index (χ0) is 16.9. The Morgan fingerprint density at radius 2 is 1.71 bits per heavy atom. The molecule has 1 aliphatic heterocycles. The Morgan fingerprint density at radius 1 is 1.08 bits per heavy atom. The predicted molar refractivity (Wildman–Crippen MR) is 88.8 cm³/mol. The standard InChI is InChI=1S/C18H17F2NO2S/c19-14-3-1-13(2-4-14)17-11-21(9-10-23-17)18(22)12-24-16-7-5-15(20)6-8-16/h1-8,17H,9-12H2. The summed E-state index contributed by atoms with van der Waals surface area (Å²) in [5.74, 6) is -0.277. The summed E-state index contributed by atoms with van der Waals surface area (Å²) in [5.41, 5.74) is 0.861. The van der Waals surface area contributed by atoms with E-state index in [0.717, 1.165) is 10.5 Å². The molecule has 3 rings (SSSR count). The number of carbonyl (C=O) groups excluding carboxylic acids is 1. The average Bonchev–Trinajstić information content (AvgIpc) is 2.62. The maximum absolute atomic E-state index is 13.0. The first-order valence-corrected chi connectivity index (χ1v) is 8.63. The van der Waals surface area contributed by atoms with Gasteiger partial charge in [-0.1, -0.05) is 12.1 Å². The number of amides is 1. The van der Waals surface area contributed by atoms with Crippen LogP contribution in [-0.2, 0) is 9.53 Å². The summed E-state index contributed by atoms with van der Waals surface area (Å²) in [6, 6.07) is 12.2. The van der Waals surface area contributed by atoms with Gasteiger partial charge in [-0.2, -0.15) is 0 Å². The van der Waals surface area contributed by atoms with Gasteiger partial charge in [0, 0.05) is 11.4 Å². The summed E-state index contributed by atoms with van der Waals surface area (Å²) in [7, 11) is 0. The molecule has 0 N–H and O–H groups in total. The number of hydrogen-bond acceptors (Lipinski definition) is 3. The number of rotatable bonds is 4. The van der Waals surface area contributed by atoms with Crippen molar-refractivity contribution in [2.45, 2.75) is 11.0 Å². The number of ether oxygens (including phenoxy) is 1. The van der Waals surface area contributed by atoms with Crippen LogP contribution in [-0.4, -0.2) is 36.3 Å². The van der Waals surface area contributed by atoms with Crippen LogP contribution in [0.25, 0.3) is 0 Å². The van der Waals surface area contributed by atoms with E-state index in [1.54, 1.807) is 29.2 Å². The van der Waals surface area contributed by atoms with Crippen molar-refractivity contribution in [2.75, 3.05) is 25.4 Å². The molecule has 1 unspecified atom stereocenters. The molecule has 0 radical (unpaired) electrons. The maximum atomic E-state index is 13.0. The number of halogens is 2. The third-order valence-electron chi connectivity index (χ3n) is 3.84. The lowest BCUT2D eigenvalue weighted by Gasteiger charge is -2.33. The van der Waals surface area contributed by atoms with Gasteiger partial charge in [0.2, 0.25) is 5.91 Å². The molecule has 2 aromatic carbocycles. The van der Waals surface area contributed by atoms with Crippen molar-refractivity contribution in [3.63, 3.8) is 0 Å². The van der Waals surface area contributed by atoms with Gasteiger partial charge >= 0.3 is 0 Å². The molecule has 0 aromatic heterocycles. The van der Waals surface area contributed by atoms with E-state index in [4.69, 9.17) is 4.74 Å². The van der Waals surface area contributed by atoms with Crippen LogP contribution in [0.2, 0.25) is 0 Å². The van der Waals surface area contributed by atoms with Crippen LogP contribution in [0.15, 0.2) is 53.4 Å². The highest BCUT2D eigenvalue weighted by molar-refractivity contribution is 8.00. The Morgan fingerprint density at radius 3 is 2.38 bits per heavy atom. The highest BCUT2D eigenvalue weighted by Crippen LogP contribution is 2.24. The van der Waals surface area contributed by atoms with Gasteiger partial charge in [0.1, 0.15) is 17.7 Å². The average molecular weight is 349 g/mol. The van der Waals surface area contributed by atoms with Gasteiger partial charge in [0.05, 0.1) is 18.9 Å². The molecule has 126 valence electrons. The third-order valence-corrected chi connectivity index (χ3v) is 4.83. The van der Waals surface area contributed by atoms with Crippen molar-refractivity contribution in [1.82, 2.24) is 4.90 Å². The van der Waals surface area contributed by atoms with Crippen LogP contribution in [0.4, 0.5) is 8.78 Å². The summed E-state index contributed by atoms with van der Waals surface area (Å²) < 4.78 is 31.6. The number of benzene rings is 2. The minimum absolute atomic E-state index is 0.0136. The minimum Gasteiger partial charge on any atom is -0.370 e. The minimum atomic E-state index is -0.293. The molecular formula is C18H17F2NO2S. The Labute approximate surface area is 143 Å². The molecule has 6 heteroatoms. The lowest BCUT2D eigenvalue weighted by molar-refractivity contribution is -0.136. The van der Waals surface area contributed by atoms with Crippen LogP contribution >= 0.6 is 11.8 Å². The van der Waals surface area contributed by atoms with Gasteiger partial charge in [-0.25, -0.2) is 8.78 Å². The summed E-state index contributed by atoms with van der Waals surface area (Å²) in [5, 5.41) is 0. The van der Waals surface area contributed by atoms with E-state index in [-0.39, 0.29) is 23.6 Å². The lowest BCUT2D eigenvalue weighted by atomic mass is 10.1. The monoisotopic (exact) mass is 349 g/mol. The van der Waals surface area contributed by atoms with Crippen molar-refractivity contribution in [1.29, 1.82) is 0 Å². The fourth-order valence-corrected chi connectivity index (χ4v) is 3.32. The van der Waals surface area contributed by atoms with Gasteiger partial charge < -0.3 is 9.64 Å². The van der Waals surface area contributed by atoms with Gasteiger partial charge in [0.25, 0.3) is 0 Å². The first-order chi connectivity index (χ1) is 11.6. The van der Waals surface area contributed by atoms with E-state index in [9.17, 15) is 13.6 Å². The molecule has 1 saturated heterocycles. The predicted octanol–water partition coefficient (Wildman–Crippen LogP) is 3.66. The molecule has 0 bridgehead atoms. The fourth-order valence-electron chi connectivity index (χ4n) is 2.52. The van der Waals surface area contributed by atoms with E-state index < -0.39 is 0 Å². The molecule has 3 nitrogen and oxygen atoms in total. The second-order valence-electron chi connectivity index (χ2n) is 5.49. The smallest absolute Gasteiger partial charge is 0.233 e. The Balaban J connectivity index is 1.56. The Bertz CT molecular complexity index is 691. The molecule has 1 heterocycles. The number of morpholine rings is 1. The summed E-state index contributed by atoms with van der Waals surface area (Å²) in [4.78, 5) is 15.0. The van der Waals surface area contributed by atoms with Crippen molar-refractivity contribution in [3.8, 4) is 0 Å². The van der Waals surface area contributed by atoms with E-state index in [2.05, 4.69) is 0 Å². The number of hydrogen-bond donors (Lipinski definition) is 0. The van der Waals surface area contributed by atoms with E-state index in [1.165, 1.54) is 36.0 Å². The molecule has 2 aromatic rings. The highest BCUT2D eigenvalue weighted by Gasteiger charge is 2.25. The van der Waals surface area contributed by atoms with E-state index >= 15 is 0 Å². The highest BCUT2D eigenvalue weighted by atomic mass is 32.2. The summed E-state index contributed by atoms with van der Waals surface area (Å²) in [6.45, 7) is 1.45. The van der Waals surface area contributed by atoms with Crippen molar-refractivity contribution in [3.05, 3.63) is 65.7 Å². The van der Waals surface area contributed by atoms with Crippen molar-refractivity contribution >= 4 is 17.7 Å². The molecule has 1 fully saturated rings. The Kier molecular flexibility index (Phi) is 5.48. The maximum Gasteiger partial charge on any atom is 0.233 e. The summed E-state index contributed by atoms with van der Waals surface area (Å²) in [6.07, 6.45) is -0.237. The first-order valence-electron chi connectivity index (χ1n) is 7.65. The van der Waals surface area contributed by atoms with Crippen LogP contribution in [0.5, 0.6) is 0 Å². The quantitative estimate of drug-likeness (QED) is 0.789. The Hall–Kier alpha value is -1.92. The van der Waals surface area contributed by atoms with E-state index in [1.807, 2.05) is 0 Å². The molecule has 0 spiro atoms. The summed E-state index contributed by atoms with van der Waals surface area (Å²) >= 11 is 1.38. The van der Waals surface area contributed by atoms with Gasteiger partial charge in [-0.3, -0.25) is 4.79 Å². The molecule has 1 aliphatic rings. The first kappa shape index (κ1) is 16.9. The zero-order valence-corrected chi connectivity index (χ0v) is 13.8. The zero-order valence-electron chi connectivity index (χ0n) is 13.0. The molecule has 1 atom stereocenters. The topological polar surface area (TPSA) is 29.5 Å². The number of thioether (sulfide) groups is 1. The van der Waals surface area contributed by atoms with Crippen LogP contribution in [0.3, 0.4) is 0 Å². The van der Waals surface area contributed by atoms with E-state index in [0.29, 0.717) is 25.4 Å². The van der Waals surface area contributed by atoms with Gasteiger partial charge in [0.15, 0.2) is 0 Å².